The van der Waals surface area contributed by atoms with E-state index in [0.717, 1.165) is 31.4 Å². The highest BCUT2D eigenvalue weighted by molar-refractivity contribution is 5.74. The Balaban J connectivity index is 1.89. The Hall–Kier alpha value is -2.08. The quantitative estimate of drug-likeness (QED) is 0.757. The molecule has 138 valence electrons. The van der Waals surface area contributed by atoms with Gasteiger partial charge >= 0.3 is 12.0 Å². The van der Waals surface area contributed by atoms with E-state index in [0.29, 0.717) is 19.4 Å². The third kappa shape index (κ3) is 7.13. The second kappa shape index (κ2) is 10.0. The molecule has 6 nitrogen and oxygen atoms in total. The van der Waals surface area contributed by atoms with Crippen molar-refractivity contribution in [2.75, 3.05) is 20.2 Å². The molecular weight excluding hydrogens is 320 g/mol. The van der Waals surface area contributed by atoms with E-state index in [1.54, 1.807) is 11.9 Å². The van der Waals surface area contributed by atoms with Crippen molar-refractivity contribution in [2.24, 2.45) is 0 Å². The molecule has 6 heteroatoms. The van der Waals surface area contributed by atoms with Gasteiger partial charge in [0.1, 0.15) is 0 Å². The van der Waals surface area contributed by atoms with Crippen LogP contribution >= 0.6 is 0 Å². The number of hydrogen-bond acceptors (Lipinski definition) is 3. The van der Waals surface area contributed by atoms with Crippen LogP contribution < -0.4 is 5.32 Å². The summed E-state index contributed by atoms with van der Waals surface area (Å²) in [5.74, 6) is -0.851. The average Bonchev–Trinajstić information content (AvgIpc) is 2.61. The summed E-state index contributed by atoms with van der Waals surface area (Å²) in [5, 5.41) is 11.9. The third-order valence-electron chi connectivity index (χ3n) is 4.46. The number of ether oxygens (including phenoxy) is 1. The number of hydrogen-bond donors (Lipinski definition) is 2. The summed E-state index contributed by atoms with van der Waals surface area (Å²) in [6, 6.07) is 9.41. The molecule has 0 saturated carbocycles. The minimum absolute atomic E-state index is 0.0350. The summed E-state index contributed by atoms with van der Waals surface area (Å²) in [7, 11) is 1.75. The molecule has 0 aromatic heterocycles. The number of amides is 2. The molecule has 2 atom stereocenters. The largest absolute Gasteiger partial charge is 0.481 e. The van der Waals surface area contributed by atoms with E-state index in [1.807, 2.05) is 30.3 Å². The topological polar surface area (TPSA) is 78.9 Å². The van der Waals surface area contributed by atoms with Crippen LogP contribution in [0.1, 0.15) is 37.7 Å². The molecule has 1 fully saturated rings. The van der Waals surface area contributed by atoms with Crippen molar-refractivity contribution in [2.45, 2.75) is 50.7 Å². The van der Waals surface area contributed by atoms with Crippen LogP contribution in [0.5, 0.6) is 0 Å². The fraction of sp³-hybridized carbons (Fsp3) is 0.579. The molecule has 1 aliphatic rings. The lowest BCUT2D eigenvalue weighted by atomic mass is 10.0. The molecule has 1 saturated heterocycles. The van der Waals surface area contributed by atoms with Gasteiger partial charge in [0.15, 0.2) is 0 Å². The molecule has 2 unspecified atom stereocenters. The predicted octanol–water partition coefficient (Wildman–Crippen LogP) is 2.67. The third-order valence-corrected chi connectivity index (χ3v) is 4.46. The summed E-state index contributed by atoms with van der Waals surface area (Å²) < 4.78 is 5.68. The summed E-state index contributed by atoms with van der Waals surface area (Å²) >= 11 is 0. The monoisotopic (exact) mass is 348 g/mol. The SMILES string of the molecule is CN(CC1CCCCO1)C(=O)NC(CCC(=O)O)Cc1ccccc1. The number of nitrogens with zero attached hydrogens (tertiary/aromatic N) is 1. The van der Waals surface area contributed by atoms with Gasteiger partial charge in [0.2, 0.25) is 0 Å². The molecule has 2 N–H and O–H groups in total. The smallest absolute Gasteiger partial charge is 0.317 e. The van der Waals surface area contributed by atoms with E-state index in [9.17, 15) is 9.59 Å². The average molecular weight is 348 g/mol. The van der Waals surface area contributed by atoms with Crippen LogP contribution in [0.4, 0.5) is 4.79 Å². The Labute approximate surface area is 149 Å². The summed E-state index contributed by atoms with van der Waals surface area (Å²) in [5.41, 5.74) is 1.08. The molecule has 1 aliphatic heterocycles. The number of carbonyl (C=O) groups is 2. The number of aliphatic carboxylic acids is 1. The van der Waals surface area contributed by atoms with Crippen LogP contribution in [0.3, 0.4) is 0 Å². The molecule has 1 heterocycles. The van der Waals surface area contributed by atoms with Crippen molar-refractivity contribution in [1.82, 2.24) is 10.2 Å². The van der Waals surface area contributed by atoms with Crippen LogP contribution in [0.2, 0.25) is 0 Å². The fourth-order valence-corrected chi connectivity index (χ4v) is 3.05. The highest BCUT2D eigenvalue weighted by Gasteiger charge is 2.21. The van der Waals surface area contributed by atoms with Gasteiger partial charge in [-0.15, -0.1) is 0 Å². The zero-order chi connectivity index (χ0) is 18.1. The maximum absolute atomic E-state index is 12.5. The van der Waals surface area contributed by atoms with Crippen molar-refractivity contribution in [1.29, 1.82) is 0 Å². The highest BCUT2D eigenvalue weighted by Crippen LogP contribution is 2.14. The number of likely N-dealkylation sites (N-methyl/N-ethyl adjacent to an activating group) is 1. The second-order valence-corrected chi connectivity index (χ2v) is 6.64. The van der Waals surface area contributed by atoms with Crippen molar-refractivity contribution < 1.29 is 19.4 Å². The molecule has 0 spiro atoms. The number of nitrogens with one attached hydrogen (secondary N) is 1. The van der Waals surface area contributed by atoms with E-state index in [-0.39, 0.29) is 24.6 Å². The number of urea groups is 1. The molecule has 0 radical (unpaired) electrons. The zero-order valence-electron chi connectivity index (χ0n) is 14.8. The van der Waals surface area contributed by atoms with Crippen molar-refractivity contribution in [3.63, 3.8) is 0 Å². The van der Waals surface area contributed by atoms with E-state index < -0.39 is 5.97 Å². The Bertz CT molecular complexity index is 544. The van der Waals surface area contributed by atoms with Crippen LogP contribution in [0, 0.1) is 0 Å². The van der Waals surface area contributed by atoms with Crippen LogP contribution in [0.25, 0.3) is 0 Å². The molecular formula is C19H28N2O4. The van der Waals surface area contributed by atoms with Crippen molar-refractivity contribution in [3.8, 4) is 0 Å². The maximum Gasteiger partial charge on any atom is 0.317 e. The predicted molar refractivity (Wildman–Crippen MR) is 95.6 cm³/mol. The van der Waals surface area contributed by atoms with Crippen LogP contribution in [-0.4, -0.2) is 54.4 Å². The van der Waals surface area contributed by atoms with Gasteiger partial charge in [0.25, 0.3) is 0 Å². The van der Waals surface area contributed by atoms with Gasteiger partial charge in [-0.2, -0.15) is 0 Å². The first kappa shape index (κ1) is 19.2. The molecule has 1 aromatic rings. The Kier molecular flexibility index (Phi) is 7.73. The minimum atomic E-state index is -0.851. The first-order valence-corrected chi connectivity index (χ1v) is 8.93. The normalized spacial score (nSPS) is 18.4. The van der Waals surface area contributed by atoms with Gasteiger partial charge in [-0.1, -0.05) is 30.3 Å². The van der Waals surface area contributed by atoms with Crippen LogP contribution in [0.15, 0.2) is 30.3 Å². The first-order chi connectivity index (χ1) is 12.0. The number of carboxylic acid groups (broad SMARTS) is 1. The molecule has 0 bridgehead atoms. The molecule has 1 aromatic carbocycles. The van der Waals surface area contributed by atoms with Crippen LogP contribution in [-0.2, 0) is 16.0 Å². The zero-order valence-corrected chi connectivity index (χ0v) is 14.8. The summed E-state index contributed by atoms with van der Waals surface area (Å²) in [4.78, 5) is 25.0. The number of benzene rings is 1. The molecule has 0 aliphatic carbocycles. The van der Waals surface area contributed by atoms with Gasteiger partial charge < -0.3 is 20.1 Å². The van der Waals surface area contributed by atoms with E-state index in [4.69, 9.17) is 9.84 Å². The van der Waals surface area contributed by atoms with E-state index in [1.165, 1.54) is 0 Å². The fourth-order valence-electron chi connectivity index (χ4n) is 3.05. The molecule has 25 heavy (non-hydrogen) atoms. The molecule has 2 rings (SSSR count). The number of carbonyl (C=O) groups excluding carboxylic acids is 1. The van der Waals surface area contributed by atoms with E-state index >= 15 is 0 Å². The lowest BCUT2D eigenvalue weighted by Gasteiger charge is -2.29. The lowest BCUT2D eigenvalue weighted by Crippen LogP contribution is -2.47. The first-order valence-electron chi connectivity index (χ1n) is 8.93. The van der Waals surface area contributed by atoms with Gasteiger partial charge in [-0.25, -0.2) is 4.79 Å². The van der Waals surface area contributed by atoms with E-state index in [2.05, 4.69) is 5.32 Å². The Morgan fingerprint density at radius 2 is 2.08 bits per heavy atom. The maximum atomic E-state index is 12.5. The Morgan fingerprint density at radius 3 is 2.72 bits per heavy atom. The second-order valence-electron chi connectivity index (χ2n) is 6.64. The number of carboxylic acids is 1. The lowest BCUT2D eigenvalue weighted by molar-refractivity contribution is -0.137. The summed E-state index contributed by atoms with van der Waals surface area (Å²) in [6.07, 6.45) is 4.35. The highest BCUT2D eigenvalue weighted by atomic mass is 16.5. The minimum Gasteiger partial charge on any atom is -0.481 e. The van der Waals surface area contributed by atoms with Gasteiger partial charge in [0, 0.05) is 32.7 Å². The standard InChI is InChI=1S/C19H28N2O4/c1-21(14-17-9-5-6-12-25-17)19(24)20-16(10-11-18(22)23)13-15-7-3-2-4-8-15/h2-4,7-8,16-17H,5-6,9-14H2,1H3,(H,20,24)(H,22,23). The van der Waals surface area contributed by atoms with Gasteiger partial charge in [0.05, 0.1) is 6.10 Å². The van der Waals surface area contributed by atoms with Crippen molar-refractivity contribution in [3.05, 3.63) is 35.9 Å². The number of rotatable bonds is 8. The Morgan fingerprint density at radius 1 is 1.32 bits per heavy atom. The van der Waals surface area contributed by atoms with Gasteiger partial charge in [-0.05, 0) is 37.7 Å². The van der Waals surface area contributed by atoms with Gasteiger partial charge in [-0.3, -0.25) is 4.79 Å². The molecule has 2 amide bonds. The summed E-state index contributed by atoms with van der Waals surface area (Å²) in [6.45, 7) is 1.32. The van der Waals surface area contributed by atoms with Crippen molar-refractivity contribution >= 4 is 12.0 Å².